The van der Waals surface area contributed by atoms with Crippen LogP contribution < -0.4 is 4.74 Å². The van der Waals surface area contributed by atoms with E-state index in [0.29, 0.717) is 11.1 Å². The minimum Gasteiger partial charge on any atom is -0.478 e. The molecule has 0 radical (unpaired) electrons. The van der Waals surface area contributed by atoms with Crippen LogP contribution in [0.3, 0.4) is 0 Å². The van der Waals surface area contributed by atoms with Crippen molar-refractivity contribution >= 4 is 52.3 Å². The Morgan fingerprint density at radius 1 is 1.06 bits per heavy atom. The molecule has 1 heterocycles. The van der Waals surface area contributed by atoms with Crippen LogP contribution in [0.4, 0.5) is 0 Å². The molecule has 0 amide bonds. The molecular formula is C25H25BrO6S2. The van der Waals surface area contributed by atoms with Gasteiger partial charge in [0.05, 0.1) is 18.2 Å². The number of carboxylic acids is 1. The van der Waals surface area contributed by atoms with E-state index in [1.807, 2.05) is 29.7 Å². The third-order valence-corrected chi connectivity index (χ3v) is 6.41. The number of methoxy groups -OCH3 is 2. The van der Waals surface area contributed by atoms with E-state index < -0.39 is 5.97 Å². The third kappa shape index (κ3) is 9.06. The van der Waals surface area contributed by atoms with Crippen molar-refractivity contribution in [3.8, 4) is 5.75 Å². The number of ether oxygens (including phenoxy) is 3. The molecule has 0 bridgehead atoms. The number of thiol groups is 1. The Kier molecular flexibility index (Phi) is 12.0. The molecule has 1 N–H and O–H groups in total. The smallest absolute Gasteiger partial charge is 0.337 e. The highest BCUT2D eigenvalue weighted by atomic mass is 79.9. The Morgan fingerprint density at radius 2 is 1.82 bits per heavy atom. The summed E-state index contributed by atoms with van der Waals surface area (Å²) in [5.74, 6) is -0.475. The maximum atomic E-state index is 11.5. The highest BCUT2D eigenvalue weighted by molar-refractivity contribution is 9.10. The SMILES string of the molecule is COCOc1ccc(Br)c(CCc2ccc(C(=O)OC)cc2S)c1.O=C(O)C1=CSC=CC=C1. The van der Waals surface area contributed by atoms with Crippen LogP contribution in [0.2, 0.25) is 0 Å². The number of aliphatic carboxylic acids is 1. The van der Waals surface area contributed by atoms with Crippen LogP contribution in [0.5, 0.6) is 5.75 Å². The van der Waals surface area contributed by atoms with Gasteiger partial charge in [-0.05, 0) is 71.2 Å². The van der Waals surface area contributed by atoms with Crippen LogP contribution in [-0.4, -0.2) is 38.1 Å². The number of allylic oxidation sites excluding steroid dienone is 2. The summed E-state index contributed by atoms with van der Waals surface area (Å²) in [5.41, 5.74) is 3.03. The largest absolute Gasteiger partial charge is 0.478 e. The molecule has 0 aliphatic carbocycles. The molecule has 2 aromatic carbocycles. The van der Waals surface area contributed by atoms with Crippen LogP contribution in [-0.2, 0) is 27.1 Å². The molecule has 0 fully saturated rings. The predicted octanol–water partition coefficient (Wildman–Crippen LogP) is 6.06. The summed E-state index contributed by atoms with van der Waals surface area (Å²) in [6.45, 7) is 0.219. The maximum Gasteiger partial charge on any atom is 0.337 e. The second-order valence-electron chi connectivity index (χ2n) is 6.84. The summed E-state index contributed by atoms with van der Waals surface area (Å²) in [6.07, 6.45) is 6.69. The second kappa shape index (κ2) is 14.7. The summed E-state index contributed by atoms with van der Waals surface area (Å²) < 4.78 is 16.1. The summed E-state index contributed by atoms with van der Waals surface area (Å²) in [6, 6.07) is 11.2. The zero-order valence-electron chi connectivity index (χ0n) is 18.7. The molecule has 2 aromatic rings. The van der Waals surface area contributed by atoms with E-state index >= 15 is 0 Å². The van der Waals surface area contributed by atoms with E-state index in [-0.39, 0.29) is 12.8 Å². The van der Waals surface area contributed by atoms with E-state index in [4.69, 9.17) is 19.3 Å². The van der Waals surface area contributed by atoms with Gasteiger partial charge < -0.3 is 19.3 Å². The highest BCUT2D eigenvalue weighted by Crippen LogP contribution is 2.26. The van der Waals surface area contributed by atoms with Gasteiger partial charge in [0.15, 0.2) is 6.79 Å². The zero-order valence-corrected chi connectivity index (χ0v) is 22.0. The lowest BCUT2D eigenvalue weighted by atomic mass is 10.0. The van der Waals surface area contributed by atoms with Crippen LogP contribution >= 0.6 is 40.3 Å². The summed E-state index contributed by atoms with van der Waals surface area (Å²) >= 11 is 9.41. The van der Waals surface area contributed by atoms with Crippen molar-refractivity contribution in [1.82, 2.24) is 0 Å². The predicted molar refractivity (Wildman–Crippen MR) is 141 cm³/mol. The Morgan fingerprint density at radius 3 is 2.50 bits per heavy atom. The fourth-order valence-electron chi connectivity index (χ4n) is 2.77. The van der Waals surface area contributed by atoms with Gasteiger partial charge in [0, 0.05) is 16.5 Å². The average molecular weight is 566 g/mol. The molecule has 1 aliphatic rings. The van der Waals surface area contributed by atoms with E-state index in [9.17, 15) is 9.59 Å². The lowest BCUT2D eigenvalue weighted by Gasteiger charge is -2.11. The van der Waals surface area contributed by atoms with Gasteiger partial charge in [0.25, 0.3) is 0 Å². The van der Waals surface area contributed by atoms with E-state index in [0.717, 1.165) is 39.1 Å². The monoisotopic (exact) mass is 564 g/mol. The summed E-state index contributed by atoms with van der Waals surface area (Å²) in [4.78, 5) is 22.7. The number of esters is 1. The quantitative estimate of drug-likeness (QED) is 0.229. The number of thioether (sulfide) groups is 1. The van der Waals surface area contributed by atoms with Crippen LogP contribution in [0, 0.1) is 0 Å². The Bertz CT molecular complexity index is 1090. The minimum absolute atomic E-state index is 0.219. The lowest BCUT2D eigenvalue weighted by molar-refractivity contribution is -0.132. The highest BCUT2D eigenvalue weighted by Gasteiger charge is 2.10. The molecule has 0 aromatic heterocycles. The van der Waals surface area contributed by atoms with Crippen molar-refractivity contribution in [1.29, 1.82) is 0 Å². The van der Waals surface area contributed by atoms with Crippen molar-refractivity contribution < 1.29 is 28.9 Å². The van der Waals surface area contributed by atoms with Gasteiger partial charge in [0.2, 0.25) is 0 Å². The summed E-state index contributed by atoms with van der Waals surface area (Å²) in [5, 5.41) is 11.9. The van der Waals surface area contributed by atoms with E-state index in [1.54, 1.807) is 42.9 Å². The number of carboxylic acid groups (broad SMARTS) is 1. The molecule has 0 unspecified atom stereocenters. The van der Waals surface area contributed by atoms with Gasteiger partial charge in [-0.25, -0.2) is 9.59 Å². The number of halogens is 1. The van der Waals surface area contributed by atoms with Crippen molar-refractivity contribution in [2.75, 3.05) is 21.0 Å². The van der Waals surface area contributed by atoms with Gasteiger partial charge in [-0.2, -0.15) is 0 Å². The zero-order chi connectivity index (χ0) is 24.9. The molecule has 0 saturated heterocycles. The van der Waals surface area contributed by atoms with Crippen LogP contribution in [0.1, 0.15) is 21.5 Å². The van der Waals surface area contributed by atoms with Crippen molar-refractivity contribution in [3.05, 3.63) is 92.2 Å². The number of benzene rings is 2. The minimum atomic E-state index is -0.882. The van der Waals surface area contributed by atoms with Crippen molar-refractivity contribution in [2.45, 2.75) is 17.7 Å². The van der Waals surface area contributed by atoms with Gasteiger partial charge in [0.1, 0.15) is 5.75 Å². The molecular weight excluding hydrogens is 540 g/mol. The number of hydrogen-bond acceptors (Lipinski definition) is 7. The first-order chi connectivity index (χ1) is 16.3. The van der Waals surface area contributed by atoms with Crippen molar-refractivity contribution in [3.63, 3.8) is 0 Å². The fourth-order valence-corrected chi connectivity index (χ4v) is 4.13. The number of carbonyl (C=O) groups excluding carboxylic acids is 1. The Hall–Kier alpha value is -2.46. The molecule has 3 rings (SSSR count). The number of carbonyl (C=O) groups is 2. The normalized spacial score (nSPS) is 12.2. The molecule has 1 aliphatic heterocycles. The fraction of sp³-hybridized carbons (Fsp3) is 0.200. The molecule has 6 nitrogen and oxygen atoms in total. The first-order valence-electron chi connectivity index (χ1n) is 10.1. The first kappa shape index (κ1) is 27.8. The molecule has 34 heavy (non-hydrogen) atoms. The third-order valence-electron chi connectivity index (χ3n) is 4.52. The van der Waals surface area contributed by atoms with Crippen LogP contribution in [0.25, 0.3) is 0 Å². The van der Waals surface area contributed by atoms with Crippen LogP contribution in [0.15, 0.2) is 80.4 Å². The molecule has 0 spiro atoms. The van der Waals surface area contributed by atoms with Crippen molar-refractivity contribution in [2.24, 2.45) is 0 Å². The van der Waals surface area contributed by atoms with E-state index in [2.05, 4.69) is 28.6 Å². The van der Waals surface area contributed by atoms with Gasteiger partial charge in [-0.1, -0.05) is 34.1 Å². The van der Waals surface area contributed by atoms with E-state index in [1.165, 1.54) is 18.9 Å². The molecule has 9 heteroatoms. The standard InChI is InChI=1S/C18H19BrO4S.C7H6O2S/c1-21-11-23-15-7-8-16(19)13(9-15)5-3-12-4-6-14(10-17(12)24)18(20)22-2;8-7(9)6-3-1-2-4-10-5-6/h4,6-10,24H,3,5,11H2,1-2H3;1-5H,(H,8,9). The lowest BCUT2D eigenvalue weighted by Crippen LogP contribution is -2.03. The van der Waals surface area contributed by atoms with Gasteiger partial charge in [-0.3, -0.25) is 0 Å². The second-order valence-corrected chi connectivity index (χ2v) is 8.96. The first-order valence-corrected chi connectivity index (χ1v) is 12.3. The number of hydrogen-bond donors (Lipinski definition) is 2. The Labute approximate surface area is 217 Å². The number of aryl methyl sites for hydroxylation is 2. The van der Waals surface area contributed by atoms with Gasteiger partial charge in [-0.15, -0.1) is 24.4 Å². The number of rotatable bonds is 8. The average Bonchev–Trinajstić information content (AvgIpc) is 3.13. The maximum absolute atomic E-state index is 11.5. The topological polar surface area (TPSA) is 82.1 Å². The molecule has 180 valence electrons. The van der Waals surface area contributed by atoms with Gasteiger partial charge >= 0.3 is 11.9 Å². The molecule has 0 atom stereocenters. The molecule has 0 saturated carbocycles. The summed E-state index contributed by atoms with van der Waals surface area (Å²) in [7, 11) is 2.95. The Balaban J connectivity index is 0.000000340.